The van der Waals surface area contributed by atoms with Gasteiger partial charge in [0.15, 0.2) is 5.58 Å². The first kappa shape index (κ1) is 29.0. The van der Waals surface area contributed by atoms with Gasteiger partial charge >= 0.3 is 0 Å². The first-order chi connectivity index (χ1) is 25.2. The molecule has 2 aromatic heterocycles. The molecule has 0 aliphatic carbocycles. The van der Waals surface area contributed by atoms with Crippen molar-refractivity contribution in [3.8, 4) is 33.7 Å². The molecule has 8 aromatic carbocycles. The van der Waals surface area contributed by atoms with E-state index in [0.29, 0.717) is 11.5 Å². The van der Waals surface area contributed by atoms with E-state index in [2.05, 4.69) is 150 Å². The molecule has 0 aliphatic rings. The smallest absolute Gasteiger partial charge is 0.227 e. The van der Waals surface area contributed by atoms with E-state index in [9.17, 15) is 0 Å². The summed E-state index contributed by atoms with van der Waals surface area (Å²) in [6.45, 7) is 0. The lowest BCUT2D eigenvalue weighted by Crippen LogP contribution is -2.11. The van der Waals surface area contributed by atoms with Gasteiger partial charge in [-0.05, 0) is 88.1 Å². The van der Waals surface area contributed by atoms with E-state index in [1.807, 2.05) is 36.4 Å². The summed E-state index contributed by atoms with van der Waals surface area (Å²) < 4.78 is 12.6. The van der Waals surface area contributed by atoms with E-state index in [1.54, 1.807) is 0 Å². The Bertz CT molecular complexity index is 2850. The molecule has 51 heavy (non-hydrogen) atoms. The SMILES string of the molecule is c1ccc(-c2ccc(N(c3ccc4oc5cc6oc(-c7ccccc7)nc6cc5c4c3)c3ccccc3-c3ccc4ccccc4c3)cc2)cc1. The Hall–Kier alpha value is -6.91. The average molecular weight is 655 g/mol. The number of hydrogen-bond donors (Lipinski definition) is 0. The van der Waals surface area contributed by atoms with Gasteiger partial charge < -0.3 is 13.7 Å². The summed E-state index contributed by atoms with van der Waals surface area (Å²) in [6, 6.07) is 63.7. The number of anilines is 3. The van der Waals surface area contributed by atoms with Gasteiger partial charge in [0, 0.05) is 39.3 Å². The number of benzene rings is 8. The molecule has 10 aromatic rings. The van der Waals surface area contributed by atoms with Crippen molar-refractivity contribution in [1.29, 1.82) is 0 Å². The van der Waals surface area contributed by atoms with Crippen LogP contribution in [-0.4, -0.2) is 4.98 Å². The Labute approximate surface area is 294 Å². The van der Waals surface area contributed by atoms with Gasteiger partial charge in [-0.2, -0.15) is 0 Å². The van der Waals surface area contributed by atoms with Crippen LogP contribution in [0.2, 0.25) is 0 Å². The molecule has 0 aliphatic heterocycles. The first-order valence-corrected chi connectivity index (χ1v) is 17.1. The zero-order valence-corrected chi connectivity index (χ0v) is 27.5. The van der Waals surface area contributed by atoms with Crippen LogP contribution < -0.4 is 4.90 Å². The van der Waals surface area contributed by atoms with Crippen molar-refractivity contribution in [2.75, 3.05) is 4.90 Å². The number of aromatic nitrogens is 1. The van der Waals surface area contributed by atoms with Crippen LogP contribution in [0, 0.1) is 0 Å². The summed E-state index contributed by atoms with van der Waals surface area (Å²) in [5.74, 6) is 0.596. The maximum atomic E-state index is 6.41. The van der Waals surface area contributed by atoms with Crippen molar-refractivity contribution in [3.05, 3.63) is 182 Å². The van der Waals surface area contributed by atoms with Crippen LogP contribution in [0.25, 0.3) is 77.5 Å². The highest BCUT2D eigenvalue weighted by Crippen LogP contribution is 2.44. The lowest BCUT2D eigenvalue weighted by atomic mass is 9.98. The number of nitrogens with zero attached hydrogens (tertiary/aromatic N) is 2. The van der Waals surface area contributed by atoms with Crippen LogP contribution >= 0.6 is 0 Å². The zero-order valence-electron chi connectivity index (χ0n) is 27.5. The predicted octanol–water partition coefficient (Wildman–Crippen LogP) is 13.4. The standard InChI is InChI=1S/C47H30N2O2/c1-3-11-31(12-4-1)33-21-23-37(24-22-33)49(43-18-10-9-17-39(43)36-20-19-32-13-7-8-16-35(32)27-36)38-25-26-44-40(28-38)41-29-42-46(30-45(41)50-44)51-47(48-42)34-14-5-2-6-15-34/h1-30H. The fraction of sp³-hybridized carbons (Fsp3) is 0. The fourth-order valence-corrected chi connectivity index (χ4v) is 7.16. The summed E-state index contributed by atoms with van der Waals surface area (Å²) in [6.07, 6.45) is 0. The molecular formula is C47H30N2O2. The highest BCUT2D eigenvalue weighted by molar-refractivity contribution is 6.10. The summed E-state index contributed by atoms with van der Waals surface area (Å²) >= 11 is 0. The van der Waals surface area contributed by atoms with Gasteiger partial charge in [-0.25, -0.2) is 4.98 Å². The van der Waals surface area contributed by atoms with Gasteiger partial charge in [-0.15, -0.1) is 0 Å². The summed E-state index contributed by atoms with van der Waals surface area (Å²) in [7, 11) is 0. The molecule has 0 fully saturated rings. The molecule has 0 bridgehead atoms. The van der Waals surface area contributed by atoms with E-state index in [1.165, 1.54) is 21.9 Å². The lowest BCUT2D eigenvalue weighted by Gasteiger charge is -2.28. The third-order valence-corrected chi connectivity index (χ3v) is 9.68. The molecule has 0 unspecified atom stereocenters. The number of oxazole rings is 1. The molecule has 0 spiro atoms. The van der Waals surface area contributed by atoms with E-state index in [-0.39, 0.29) is 0 Å². The zero-order chi connectivity index (χ0) is 33.7. The molecule has 10 rings (SSSR count). The predicted molar refractivity (Wildman–Crippen MR) is 210 cm³/mol. The topological polar surface area (TPSA) is 42.4 Å². The lowest BCUT2D eigenvalue weighted by molar-refractivity contribution is 0.617. The van der Waals surface area contributed by atoms with E-state index in [4.69, 9.17) is 13.8 Å². The van der Waals surface area contributed by atoms with Crippen molar-refractivity contribution in [2.24, 2.45) is 0 Å². The van der Waals surface area contributed by atoms with E-state index in [0.717, 1.165) is 61.2 Å². The molecule has 0 saturated heterocycles. The van der Waals surface area contributed by atoms with Crippen LogP contribution in [-0.2, 0) is 0 Å². The quantitative estimate of drug-likeness (QED) is 0.179. The highest BCUT2D eigenvalue weighted by Gasteiger charge is 2.20. The molecule has 4 nitrogen and oxygen atoms in total. The Kier molecular flexibility index (Phi) is 6.78. The van der Waals surface area contributed by atoms with Crippen molar-refractivity contribution in [2.45, 2.75) is 0 Å². The second-order valence-corrected chi connectivity index (χ2v) is 12.8. The Balaban J connectivity index is 1.15. The Morgan fingerprint density at radius 1 is 0.392 bits per heavy atom. The molecule has 0 N–H and O–H groups in total. The third-order valence-electron chi connectivity index (χ3n) is 9.68. The molecule has 0 atom stereocenters. The number of para-hydroxylation sites is 1. The van der Waals surface area contributed by atoms with Crippen LogP contribution in [0.1, 0.15) is 0 Å². The van der Waals surface area contributed by atoms with E-state index >= 15 is 0 Å². The minimum absolute atomic E-state index is 0.596. The van der Waals surface area contributed by atoms with Gasteiger partial charge in [0.05, 0.1) is 5.69 Å². The van der Waals surface area contributed by atoms with Crippen molar-refractivity contribution >= 4 is 60.9 Å². The molecule has 0 amide bonds. The average Bonchev–Trinajstić information content (AvgIpc) is 3.78. The normalized spacial score (nSPS) is 11.5. The Morgan fingerprint density at radius 2 is 1.04 bits per heavy atom. The monoisotopic (exact) mass is 654 g/mol. The fourth-order valence-electron chi connectivity index (χ4n) is 7.16. The summed E-state index contributed by atoms with van der Waals surface area (Å²) in [5.41, 5.74) is 11.8. The largest absolute Gasteiger partial charge is 0.456 e. The molecule has 0 saturated carbocycles. The molecule has 0 radical (unpaired) electrons. The van der Waals surface area contributed by atoms with Crippen LogP contribution in [0.4, 0.5) is 17.1 Å². The van der Waals surface area contributed by atoms with E-state index < -0.39 is 0 Å². The second kappa shape index (κ2) is 11.9. The van der Waals surface area contributed by atoms with Gasteiger partial charge in [0.25, 0.3) is 0 Å². The second-order valence-electron chi connectivity index (χ2n) is 12.8. The number of rotatable bonds is 6. The summed E-state index contributed by atoms with van der Waals surface area (Å²) in [4.78, 5) is 7.20. The number of hydrogen-bond acceptors (Lipinski definition) is 4. The van der Waals surface area contributed by atoms with Gasteiger partial charge in [-0.3, -0.25) is 0 Å². The molecule has 240 valence electrons. The maximum absolute atomic E-state index is 6.41. The first-order valence-electron chi connectivity index (χ1n) is 17.1. The number of furan rings is 1. The summed E-state index contributed by atoms with van der Waals surface area (Å²) in [5, 5.41) is 4.45. The van der Waals surface area contributed by atoms with Crippen LogP contribution in [0.5, 0.6) is 0 Å². The van der Waals surface area contributed by atoms with Crippen LogP contribution in [0.3, 0.4) is 0 Å². The van der Waals surface area contributed by atoms with Gasteiger partial charge in [0.2, 0.25) is 5.89 Å². The van der Waals surface area contributed by atoms with Gasteiger partial charge in [0.1, 0.15) is 16.7 Å². The minimum Gasteiger partial charge on any atom is -0.456 e. The molecule has 2 heterocycles. The third kappa shape index (κ3) is 5.13. The molecular weight excluding hydrogens is 625 g/mol. The van der Waals surface area contributed by atoms with Crippen molar-refractivity contribution in [3.63, 3.8) is 0 Å². The highest BCUT2D eigenvalue weighted by atomic mass is 16.4. The number of fused-ring (bicyclic) bond motifs is 5. The Morgan fingerprint density at radius 3 is 1.86 bits per heavy atom. The van der Waals surface area contributed by atoms with Crippen molar-refractivity contribution in [1.82, 2.24) is 4.98 Å². The van der Waals surface area contributed by atoms with Crippen molar-refractivity contribution < 1.29 is 8.83 Å². The van der Waals surface area contributed by atoms with Crippen LogP contribution in [0.15, 0.2) is 191 Å². The molecule has 4 heteroatoms. The van der Waals surface area contributed by atoms with Gasteiger partial charge in [-0.1, -0.05) is 115 Å². The maximum Gasteiger partial charge on any atom is 0.227 e. The minimum atomic E-state index is 0.596.